The van der Waals surface area contributed by atoms with Crippen LogP contribution in [0.3, 0.4) is 0 Å². The molecule has 8 nitrogen and oxygen atoms in total. The molecule has 1 aromatic carbocycles. The maximum atomic E-state index is 12.6. The average Bonchev–Trinajstić information content (AvgIpc) is 3.34. The second-order valence-electron chi connectivity index (χ2n) is 7.00. The number of sulfonamides is 1. The number of nitrogens with zero attached hydrogens (tertiary/aromatic N) is 4. The molecule has 0 unspecified atom stereocenters. The molecule has 152 valence electrons. The molecular weight excluding hydrogens is 398 g/mol. The van der Waals surface area contributed by atoms with Gasteiger partial charge >= 0.3 is 0 Å². The van der Waals surface area contributed by atoms with Crippen LogP contribution in [0.15, 0.2) is 40.6 Å². The zero-order valence-electron chi connectivity index (χ0n) is 16.2. The van der Waals surface area contributed by atoms with E-state index in [0.717, 1.165) is 12.8 Å². The van der Waals surface area contributed by atoms with Crippen LogP contribution in [-0.4, -0.2) is 51.7 Å². The Labute approximate surface area is 169 Å². The Morgan fingerprint density at radius 1 is 1.14 bits per heavy atom. The minimum absolute atomic E-state index is 0.182. The minimum Gasteiger partial charge on any atom is -0.325 e. The number of anilines is 1. The second-order valence-corrected chi connectivity index (χ2v) is 10.2. The quantitative estimate of drug-likeness (QED) is 0.688. The van der Waals surface area contributed by atoms with Gasteiger partial charge in [0.2, 0.25) is 15.9 Å². The van der Waals surface area contributed by atoms with Gasteiger partial charge in [-0.1, -0.05) is 11.8 Å². The predicted molar refractivity (Wildman–Crippen MR) is 109 cm³/mol. The van der Waals surface area contributed by atoms with Crippen molar-refractivity contribution in [3.63, 3.8) is 0 Å². The highest BCUT2D eigenvalue weighted by Gasteiger charge is 2.27. The molecule has 2 aromatic rings. The van der Waals surface area contributed by atoms with Crippen LogP contribution in [0, 0.1) is 0 Å². The van der Waals surface area contributed by atoms with E-state index in [-0.39, 0.29) is 22.1 Å². The monoisotopic (exact) mass is 423 g/mol. The van der Waals surface area contributed by atoms with Gasteiger partial charge in [0.25, 0.3) is 0 Å². The predicted octanol–water partition coefficient (Wildman–Crippen LogP) is 2.76. The number of aromatic nitrogens is 3. The van der Waals surface area contributed by atoms with Crippen molar-refractivity contribution in [3.8, 4) is 0 Å². The summed E-state index contributed by atoms with van der Waals surface area (Å²) in [6.07, 6.45) is 3.44. The van der Waals surface area contributed by atoms with Gasteiger partial charge in [0.15, 0.2) is 5.16 Å². The summed E-state index contributed by atoms with van der Waals surface area (Å²) in [4.78, 5) is 12.7. The first kappa shape index (κ1) is 20.8. The molecule has 1 aliphatic heterocycles. The normalized spacial score (nSPS) is 16.4. The Hall–Kier alpha value is -1.91. The Morgan fingerprint density at radius 2 is 1.79 bits per heavy atom. The number of amides is 1. The van der Waals surface area contributed by atoms with Crippen molar-refractivity contribution in [3.05, 3.63) is 30.6 Å². The number of carbonyl (C=O) groups excluding carboxylic acids is 1. The zero-order valence-corrected chi connectivity index (χ0v) is 17.8. The van der Waals surface area contributed by atoms with E-state index in [9.17, 15) is 13.2 Å². The molecule has 0 radical (unpaired) electrons. The van der Waals surface area contributed by atoms with Gasteiger partial charge in [-0.05, 0) is 57.9 Å². The van der Waals surface area contributed by atoms with Gasteiger partial charge in [-0.2, -0.15) is 4.31 Å². The first-order valence-electron chi connectivity index (χ1n) is 9.26. The third-order valence-corrected chi connectivity index (χ3v) is 7.56. The summed E-state index contributed by atoms with van der Waals surface area (Å²) < 4.78 is 28.5. The van der Waals surface area contributed by atoms with E-state index < -0.39 is 10.0 Å². The van der Waals surface area contributed by atoms with Crippen LogP contribution >= 0.6 is 11.8 Å². The van der Waals surface area contributed by atoms with E-state index in [1.54, 1.807) is 25.4 Å². The van der Waals surface area contributed by atoms with Crippen LogP contribution in [-0.2, 0) is 14.8 Å². The second kappa shape index (κ2) is 8.62. The molecule has 1 aliphatic rings. The summed E-state index contributed by atoms with van der Waals surface area (Å²) in [5.74, 6) is -0.182. The molecule has 10 heteroatoms. The molecule has 1 fully saturated rings. The lowest BCUT2D eigenvalue weighted by molar-refractivity contribution is -0.115. The number of nitrogens with one attached hydrogen (secondary N) is 1. The molecule has 1 N–H and O–H groups in total. The van der Waals surface area contributed by atoms with Crippen LogP contribution in [0.25, 0.3) is 0 Å². The summed E-state index contributed by atoms with van der Waals surface area (Å²) in [5.41, 5.74) is 0.558. The van der Waals surface area contributed by atoms with Crippen LogP contribution in [0.2, 0.25) is 0 Å². The highest BCUT2D eigenvalue weighted by atomic mass is 32.2. The van der Waals surface area contributed by atoms with E-state index in [4.69, 9.17) is 0 Å². The number of thioether (sulfide) groups is 1. The van der Waals surface area contributed by atoms with E-state index in [0.29, 0.717) is 23.9 Å². The Morgan fingerprint density at radius 3 is 2.39 bits per heavy atom. The molecule has 2 heterocycles. The molecule has 1 aromatic heterocycles. The summed E-state index contributed by atoms with van der Waals surface area (Å²) in [6, 6.07) is 6.52. The molecule has 0 aliphatic carbocycles. The van der Waals surface area contributed by atoms with Crippen LogP contribution in [0.5, 0.6) is 0 Å². The summed E-state index contributed by atoms with van der Waals surface area (Å²) >= 11 is 1.33. The Bertz CT molecular complexity index is 919. The lowest BCUT2D eigenvalue weighted by Gasteiger charge is -2.16. The fraction of sp³-hybridized carbons (Fsp3) is 0.500. The van der Waals surface area contributed by atoms with E-state index in [1.165, 1.54) is 28.2 Å². The minimum atomic E-state index is -3.45. The van der Waals surface area contributed by atoms with Gasteiger partial charge in [-0.25, -0.2) is 8.42 Å². The maximum Gasteiger partial charge on any atom is 0.243 e. The molecular formula is C18H25N5O3S2. The van der Waals surface area contributed by atoms with Crippen molar-refractivity contribution in [1.82, 2.24) is 19.1 Å². The summed E-state index contributed by atoms with van der Waals surface area (Å²) in [7, 11) is -3.45. The SMILES string of the molecule is CC(C)n1cnnc1S[C@@H](C)C(=O)Nc1ccc(S(=O)(=O)N2CCCC2)cc1. The molecule has 0 saturated carbocycles. The third kappa shape index (κ3) is 4.56. The van der Waals surface area contributed by atoms with Gasteiger partial charge in [0.1, 0.15) is 6.33 Å². The largest absolute Gasteiger partial charge is 0.325 e. The van der Waals surface area contributed by atoms with Gasteiger partial charge in [0, 0.05) is 24.8 Å². The fourth-order valence-corrected chi connectivity index (χ4v) is 5.39. The number of rotatable bonds is 7. The molecule has 1 amide bonds. The number of benzene rings is 1. The highest BCUT2D eigenvalue weighted by Crippen LogP contribution is 2.25. The summed E-state index contributed by atoms with van der Waals surface area (Å²) in [5, 5.41) is 11.1. The van der Waals surface area contributed by atoms with Gasteiger partial charge < -0.3 is 9.88 Å². The van der Waals surface area contributed by atoms with Gasteiger partial charge in [-0.3, -0.25) is 4.79 Å². The molecule has 1 saturated heterocycles. The first-order chi connectivity index (χ1) is 13.3. The topological polar surface area (TPSA) is 97.2 Å². The zero-order chi connectivity index (χ0) is 20.3. The highest BCUT2D eigenvalue weighted by molar-refractivity contribution is 8.00. The van der Waals surface area contributed by atoms with Crippen LogP contribution < -0.4 is 5.32 Å². The van der Waals surface area contributed by atoms with Crippen molar-refractivity contribution >= 4 is 33.4 Å². The molecule has 3 rings (SSSR count). The Balaban J connectivity index is 1.63. The number of hydrogen-bond donors (Lipinski definition) is 1. The fourth-order valence-electron chi connectivity index (χ4n) is 2.91. The standard InChI is InChI=1S/C18H25N5O3S2/c1-13(2)23-12-19-21-18(23)27-14(3)17(24)20-15-6-8-16(9-7-15)28(25,26)22-10-4-5-11-22/h6-9,12-14H,4-5,10-11H2,1-3H3,(H,20,24)/t14-/m0/s1. The number of hydrogen-bond acceptors (Lipinski definition) is 6. The molecule has 1 atom stereocenters. The molecule has 0 bridgehead atoms. The van der Waals surface area contributed by atoms with E-state index in [2.05, 4.69) is 15.5 Å². The Kier molecular flexibility index (Phi) is 6.41. The van der Waals surface area contributed by atoms with Crippen molar-refractivity contribution in [2.45, 2.75) is 55.0 Å². The number of carbonyl (C=O) groups is 1. The van der Waals surface area contributed by atoms with Crippen molar-refractivity contribution < 1.29 is 13.2 Å². The lowest BCUT2D eigenvalue weighted by atomic mass is 10.3. The van der Waals surface area contributed by atoms with Crippen LogP contribution in [0.1, 0.15) is 39.7 Å². The molecule has 0 spiro atoms. The average molecular weight is 424 g/mol. The summed E-state index contributed by atoms with van der Waals surface area (Å²) in [6.45, 7) is 6.98. The first-order valence-corrected chi connectivity index (χ1v) is 11.6. The maximum absolute atomic E-state index is 12.6. The van der Waals surface area contributed by atoms with Gasteiger partial charge in [0.05, 0.1) is 10.1 Å². The van der Waals surface area contributed by atoms with Crippen LogP contribution in [0.4, 0.5) is 5.69 Å². The van der Waals surface area contributed by atoms with Crippen molar-refractivity contribution in [1.29, 1.82) is 0 Å². The van der Waals surface area contributed by atoms with E-state index in [1.807, 2.05) is 18.4 Å². The van der Waals surface area contributed by atoms with Crippen molar-refractivity contribution in [2.75, 3.05) is 18.4 Å². The smallest absolute Gasteiger partial charge is 0.243 e. The van der Waals surface area contributed by atoms with E-state index >= 15 is 0 Å². The molecule has 28 heavy (non-hydrogen) atoms. The third-order valence-electron chi connectivity index (χ3n) is 4.57. The van der Waals surface area contributed by atoms with Gasteiger partial charge in [-0.15, -0.1) is 10.2 Å². The lowest BCUT2D eigenvalue weighted by Crippen LogP contribution is -2.27. The van der Waals surface area contributed by atoms with Crippen molar-refractivity contribution in [2.24, 2.45) is 0 Å².